The van der Waals surface area contributed by atoms with Crippen molar-refractivity contribution < 1.29 is 4.79 Å². The summed E-state index contributed by atoms with van der Waals surface area (Å²) in [5, 5.41) is 11.3. The minimum atomic E-state index is -0.202. The summed E-state index contributed by atoms with van der Waals surface area (Å²) in [6, 6.07) is 7.22. The first-order valence-corrected chi connectivity index (χ1v) is 4.64. The maximum absolute atomic E-state index is 11.4. The number of pyridine rings is 1. The number of hydrogen-bond acceptors (Lipinski definition) is 3. The summed E-state index contributed by atoms with van der Waals surface area (Å²) in [6.45, 7) is 0.624. The van der Waals surface area contributed by atoms with Crippen LogP contribution in [0.25, 0.3) is 0 Å². The highest BCUT2D eigenvalue weighted by atomic mass is 16.2. The van der Waals surface area contributed by atoms with Gasteiger partial charge in [0.2, 0.25) is 0 Å². The highest BCUT2D eigenvalue weighted by molar-refractivity contribution is 5.77. The number of hydrogen-bond donors (Lipinski definition) is 1. The molecule has 1 aromatic heterocycles. The summed E-state index contributed by atoms with van der Waals surface area (Å²) in [4.78, 5) is 17.0. The van der Waals surface area contributed by atoms with Gasteiger partial charge in [0.15, 0.2) is 0 Å². The van der Waals surface area contributed by atoms with Crippen molar-refractivity contribution in [3.05, 3.63) is 30.1 Å². The molecule has 0 spiro atoms. The molecule has 1 aromatic rings. The predicted molar refractivity (Wildman–Crippen MR) is 52.7 cm³/mol. The number of carbonyl (C=O) groups excluding carboxylic acids is 1. The van der Waals surface area contributed by atoms with Crippen molar-refractivity contribution in [3.63, 3.8) is 0 Å². The molecule has 2 rings (SSSR count). The van der Waals surface area contributed by atoms with Crippen LogP contribution in [0.5, 0.6) is 0 Å². The second-order valence-corrected chi connectivity index (χ2v) is 3.30. The van der Waals surface area contributed by atoms with E-state index < -0.39 is 0 Å². The molecule has 1 N–H and O–H groups in total. The van der Waals surface area contributed by atoms with Crippen molar-refractivity contribution in [1.29, 1.82) is 5.26 Å². The van der Waals surface area contributed by atoms with Gasteiger partial charge in [0, 0.05) is 12.7 Å². The molecule has 1 aliphatic rings. The van der Waals surface area contributed by atoms with E-state index in [-0.39, 0.29) is 18.6 Å². The monoisotopic (exact) mass is 202 g/mol. The molecule has 5 nitrogen and oxygen atoms in total. The lowest BCUT2D eigenvalue weighted by Gasteiger charge is -2.09. The van der Waals surface area contributed by atoms with Gasteiger partial charge in [-0.2, -0.15) is 5.26 Å². The van der Waals surface area contributed by atoms with Gasteiger partial charge in [0.1, 0.15) is 6.54 Å². The van der Waals surface area contributed by atoms with Crippen molar-refractivity contribution in [2.24, 2.45) is 0 Å². The minimum Gasteiger partial charge on any atom is -0.328 e. The fourth-order valence-corrected chi connectivity index (χ4v) is 1.56. The van der Waals surface area contributed by atoms with Crippen LogP contribution in [0.2, 0.25) is 0 Å². The number of nitrogens with zero attached hydrogens (tertiary/aromatic N) is 3. The normalized spacial score (nSPS) is 19.8. The summed E-state index contributed by atoms with van der Waals surface area (Å²) in [5.74, 6) is 0. The molecule has 0 saturated carbocycles. The Hall–Kier alpha value is -2.09. The van der Waals surface area contributed by atoms with Gasteiger partial charge in [0.25, 0.3) is 0 Å². The number of amides is 2. The van der Waals surface area contributed by atoms with Crippen molar-refractivity contribution in [2.75, 3.05) is 13.1 Å². The third-order valence-electron chi connectivity index (χ3n) is 2.29. The number of rotatable bonds is 2. The largest absolute Gasteiger partial charge is 0.328 e. The van der Waals surface area contributed by atoms with Gasteiger partial charge in [0.05, 0.1) is 17.8 Å². The van der Waals surface area contributed by atoms with Crippen LogP contribution in [0.1, 0.15) is 11.7 Å². The Labute approximate surface area is 87.3 Å². The average Bonchev–Trinajstić information content (AvgIpc) is 2.63. The van der Waals surface area contributed by atoms with E-state index in [9.17, 15) is 4.79 Å². The Morgan fingerprint density at radius 1 is 1.67 bits per heavy atom. The lowest BCUT2D eigenvalue weighted by atomic mass is 10.2. The summed E-state index contributed by atoms with van der Waals surface area (Å²) in [5.41, 5.74) is 0.825. The third kappa shape index (κ3) is 1.89. The molecular formula is C10H10N4O. The van der Waals surface area contributed by atoms with Gasteiger partial charge in [-0.15, -0.1) is 0 Å². The van der Waals surface area contributed by atoms with E-state index in [0.717, 1.165) is 5.69 Å². The van der Waals surface area contributed by atoms with E-state index in [2.05, 4.69) is 10.3 Å². The topological polar surface area (TPSA) is 69.0 Å². The standard InChI is InChI=1S/C10H10N4O/c11-4-6-14-7-9(13-10(14)15)8-3-1-2-5-12-8/h1-3,5,9H,6-7H2,(H,13,15). The Bertz CT molecular complexity index is 398. The molecule has 0 bridgehead atoms. The smallest absolute Gasteiger partial charge is 0.318 e. The zero-order valence-electron chi connectivity index (χ0n) is 8.05. The van der Waals surface area contributed by atoms with Gasteiger partial charge in [-0.1, -0.05) is 6.07 Å². The van der Waals surface area contributed by atoms with Crippen LogP contribution in [-0.4, -0.2) is 29.0 Å². The molecular weight excluding hydrogens is 192 g/mol. The molecule has 1 unspecified atom stereocenters. The second-order valence-electron chi connectivity index (χ2n) is 3.30. The van der Waals surface area contributed by atoms with Crippen molar-refractivity contribution in [1.82, 2.24) is 15.2 Å². The Morgan fingerprint density at radius 3 is 3.20 bits per heavy atom. The highest BCUT2D eigenvalue weighted by Gasteiger charge is 2.29. The third-order valence-corrected chi connectivity index (χ3v) is 2.29. The van der Waals surface area contributed by atoms with Crippen molar-refractivity contribution >= 4 is 6.03 Å². The number of nitriles is 1. The SMILES string of the molecule is N#CCN1CC(c2ccccn2)NC1=O. The fraction of sp³-hybridized carbons (Fsp3) is 0.300. The van der Waals surface area contributed by atoms with Gasteiger partial charge in [-0.05, 0) is 12.1 Å². The average molecular weight is 202 g/mol. The lowest BCUT2D eigenvalue weighted by Crippen LogP contribution is -2.28. The Balaban J connectivity index is 2.10. The molecule has 5 heteroatoms. The minimum absolute atomic E-state index is 0.105. The van der Waals surface area contributed by atoms with Crippen LogP contribution in [-0.2, 0) is 0 Å². The molecule has 1 atom stereocenters. The van der Waals surface area contributed by atoms with E-state index in [1.807, 2.05) is 24.3 Å². The zero-order chi connectivity index (χ0) is 10.7. The quantitative estimate of drug-likeness (QED) is 0.716. The van der Waals surface area contributed by atoms with E-state index in [1.54, 1.807) is 6.20 Å². The number of aromatic nitrogens is 1. The molecule has 0 radical (unpaired) electrons. The van der Waals surface area contributed by atoms with Crippen LogP contribution in [0.4, 0.5) is 4.79 Å². The first kappa shape index (κ1) is 9.46. The maximum Gasteiger partial charge on any atom is 0.318 e. The fourth-order valence-electron chi connectivity index (χ4n) is 1.56. The highest BCUT2D eigenvalue weighted by Crippen LogP contribution is 2.17. The van der Waals surface area contributed by atoms with Crippen LogP contribution in [0.3, 0.4) is 0 Å². The summed E-state index contributed by atoms with van der Waals surface area (Å²) >= 11 is 0. The first-order chi connectivity index (χ1) is 7.31. The summed E-state index contributed by atoms with van der Waals surface area (Å²) in [7, 11) is 0. The second kappa shape index (κ2) is 3.96. The van der Waals surface area contributed by atoms with Gasteiger partial charge < -0.3 is 10.2 Å². The molecule has 0 aliphatic carbocycles. The van der Waals surface area contributed by atoms with Crippen LogP contribution in [0, 0.1) is 11.3 Å². The zero-order valence-corrected chi connectivity index (χ0v) is 8.05. The van der Waals surface area contributed by atoms with E-state index in [1.165, 1.54) is 4.90 Å². The number of urea groups is 1. The van der Waals surface area contributed by atoms with Gasteiger partial charge in [-0.3, -0.25) is 4.98 Å². The molecule has 15 heavy (non-hydrogen) atoms. The molecule has 1 saturated heterocycles. The van der Waals surface area contributed by atoms with Crippen LogP contribution < -0.4 is 5.32 Å². The number of nitrogens with one attached hydrogen (secondary N) is 1. The van der Waals surface area contributed by atoms with E-state index in [0.29, 0.717) is 6.54 Å². The van der Waals surface area contributed by atoms with Crippen molar-refractivity contribution in [3.8, 4) is 6.07 Å². The Morgan fingerprint density at radius 2 is 2.53 bits per heavy atom. The lowest BCUT2D eigenvalue weighted by molar-refractivity contribution is 0.222. The molecule has 2 heterocycles. The van der Waals surface area contributed by atoms with Crippen molar-refractivity contribution in [2.45, 2.75) is 6.04 Å². The molecule has 0 aromatic carbocycles. The van der Waals surface area contributed by atoms with Crippen LogP contribution in [0.15, 0.2) is 24.4 Å². The maximum atomic E-state index is 11.4. The summed E-state index contributed by atoms with van der Waals surface area (Å²) in [6.07, 6.45) is 1.69. The molecule has 2 amide bonds. The first-order valence-electron chi connectivity index (χ1n) is 4.64. The van der Waals surface area contributed by atoms with E-state index >= 15 is 0 Å². The molecule has 1 aliphatic heterocycles. The number of carbonyl (C=O) groups is 1. The Kier molecular flexibility index (Phi) is 2.50. The van der Waals surface area contributed by atoms with E-state index in [4.69, 9.17) is 5.26 Å². The van der Waals surface area contributed by atoms with Crippen LogP contribution >= 0.6 is 0 Å². The van der Waals surface area contributed by atoms with Gasteiger partial charge in [-0.25, -0.2) is 4.79 Å². The molecule has 76 valence electrons. The predicted octanol–water partition coefficient (Wildman–Crippen LogP) is 0.671. The molecule has 1 fully saturated rings. The summed E-state index contributed by atoms with van der Waals surface area (Å²) < 4.78 is 0. The van der Waals surface area contributed by atoms with Gasteiger partial charge >= 0.3 is 6.03 Å².